The molecule has 2 N–H and O–H groups in total. The van der Waals surface area contributed by atoms with Crippen LogP contribution in [0.3, 0.4) is 0 Å². The highest BCUT2D eigenvalue weighted by Gasteiger charge is 2.11. The fourth-order valence-electron chi connectivity index (χ4n) is 2.41. The molecule has 0 aromatic heterocycles. The van der Waals surface area contributed by atoms with Gasteiger partial charge in [0, 0.05) is 0 Å². The van der Waals surface area contributed by atoms with Gasteiger partial charge in [0.15, 0.2) is 11.5 Å². The highest BCUT2D eigenvalue weighted by atomic mass is 16.5. The van der Waals surface area contributed by atoms with Gasteiger partial charge < -0.3 is 15.2 Å². The summed E-state index contributed by atoms with van der Waals surface area (Å²) in [5.74, 6) is 1.91. The lowest BCUT2D eigenvalue weighted by atomic mass is 9.95. The Morgan fingerprint density at radius 2 is 1.59 bits per heavy atom. The van der Waals surface area contributed by atoms with E-state index in [1.54, 1.807) is 0 Å². The highest BCUT2D eigenvalue weighted by Crippen LogP contribution is 2.27. The van der Waals surface area contributed by atoms with Crippen LogP contribution in [-0.4, -0.2) is 19.8 Å². The summed E-state index contributed by atoms with van der Waals surface area (Å²) < 4.78 is 11.5. The van der Waals surface area contributed by atoms with Gasteiger partial charge in [0.05, 0.1) is 13.2 Å². The quantitative estimate of drug-likeness (QED) is 0.804. The Morgan fingerprint density at radius 1 is 0.955 bits per heavy atom. The molecular weight excluding hydrogens is 274 g/mol. The summed E-state index contributed by atoms with van der Waals surface area (Å²) in [5.41, 5.74) is 8.46. The largest absolute Gasteiger partial charge is 0.490 e. The van der Waals surface area contributed by atoms with Gasteiger partial charge in [0.2, 0.25) is 0 Å². The first-order chi connectivity index (χ1) is 10.7. The van der Waals surface area contributed by atoms with Crippen molar-refractivity contribution in [2.24, 2.45) is 5.73 Å². The number of ether oxygens (including phenoxy) is 2. The molecule has 1 atom stereocenters. The van der Waals surface area contributed by atoms with Crippen molar-refractivity contribution in [1.29, 1.82) is 0 Å². The van der Waals surface area contributed by atoms with Crippen molar-refractivity contribution < 1.29 is 9.47 Å². The molecule has 3 nitrogen and oxygen atoms in total. The maximum atomic E-state index is 5.92. The molecule has 118 valence electrons. The van der Waals surface area contributed by atoms with E-state index in [4.69, 9.17) is 15.2 Å². The van der Waals surface area contributed by atoms with E-state index in [1.165, 1.54) is 11.1 Å². The van der Waals surface area contributed by atoms with Crippen LogP contribution in [0.25, 0.3) is 0 Å². The average Bonchev–Trinajstić information content (AvgIpc) is 2.54. The van der Waals surface area contributed by atoms with Crippen LogP contribution in [0.5, 0.6) is 11.5 Å². The first-order valence-electron chi connectivity index (χ1n) is 7.85. The number of hydrogen-bond donors (Lipinski definition) is 1. The third kappa shape index (κ3) is 4.50. The third-order valence-electron chi connectivity index (χ3n) is 3.71. The number of benzene rings is 2. The van der Waals surface area contributed by atoms with Crippen LogP contribution in [0.2, 0.25) is 0 Å². The zero-order valence-electron chi connectivity index (χ0n) is 13.4. The molecule has 0 bridgehead atoms. The molecule has 0 aliphatic carbocycles. The van der Waals surface area contributed by atoms with Gasteiger partial charge in [0.25, 0.3) is 0 Å². The summed E-state index contributed by atoms with van der Waals surface area (Å²) in [4.78, 5) is 0. The molecule has 0 aliphatic rings. The van der Waals surface area contributed by atoms with E-state index in [1.807, 2.05) is 31.2 Å². The fraction of sp³-hybridized carbons (Fsp3) is 0.368. The summed E-state index contributed by atoms with van der Waals surface area (Å²) >= 11 is 0. The Balaban J connectivity index is 1.93. The SMILES string of the molecule is CCOc1ccccc1OCCC(CN)c1ccc(C)cc1. The van der Waals surface area contributed by atoms with E-state index < -0.39 is 0 Å². The van der Waals surface area contributed by atoms with Gasteiger partial charge >= 0.3 is 0 Å². The second-order valence-electron chi connectivity index (χ2n) is 5.36. The van der Waals surface area contributed by atoms with Crippen LogP contribution in [0, 0.1) is 6.92 Å². The van der Waals surface area contributed by atoms with Gasteiger partial charge in [-0.25, -0.2) is 0 Å². The van der Waals surface area contributed by atoms with Crippen LogP contribution in [-0.2, 0) is 0 Å². The molecule has 2 rings (SSSR count). The van der Waals surface area contributed by atoms with Crippen molar-refractivity contribution >= 4 is 0 Å². The maximum absolute atomic E-state index is 5.92. The van der Waals surface area contributed by atoms with Crippen molar-refractivity contribution in [2.45, 2.75) is 26.2 Å². The van der Waals surface area contributed by atoms with Gasteiger partial charge in [-0.05, 0) is 50.4 Å². The summed E-state index contributed by atoms with van der Waals surface area (Å²) in [6, 6.07) is 16.3. The number of aryl methyl sites for hydroxylation is 1. The van der Waals surface area contributed by atoms with Crippen LogP contribution in [0.4, 0.5) is 0 Å². The Bertz CT molecular complexity index is 566. The summed E-state index contributed by atoms with van der Waals surface area (Å²) in [6.45, 7) is 5.95. The van der Waals surface area contributed by atoms with Gasteiger partial charge in [-0.1, -0.05) is 42.0 Å². The minimum atomic E-state index is 0.319. The molecule has 0 heterocycles. The summed E-state index contributed by atoms with van der Waals surface area (Å²) in [7, 11) is 0. The Kier molecular flexibility index (Phi) is 6.28. The number of rotatable bonds is 8. The van der Waals surface area contributed by atoms with Crippen LogP contribution in [0.15, 0.2) is 48.5 Å². The topological polar surface area (TPSA) is 44.5 Å². The normalized spacial score (nSPS) is 12.0. The number of hydrogen-bond acceptors (Lipinski definition) is 3. The van der Waals surface area contributed by atoms with E-state index in [0.29, 0.717) is 25.7 Å². The van der Waals surface area contributed by atoms with Gasteiger partial charge in [-0.15, -0.1) is 0 Å². The molecular formula is C19H25NO2. The second kappa shape index (κ2) is 8.44. The van der Waals surface area contributed by atoms with Crippen molar-refractivity contribution in [3.63, 3.8) is 0 Å². The molecule has 0 amide bonds. The minimum Gasteiger partial charge on any atom is -0.490 e. The van der Waals surface area contributed by atoms with Gasteiger partial charge in [-0.2, -0.15) is 0 Å². The van der Waals surface area contributed by atoms with Gasteiger partial charge in [0.1, 0.15) is 0 Å². The molecule has 2 aromatic carbocycles. The monoisotopic (exact) mass is 299 g/mol. The Hall–Kier alpha value is -2.00. The van der Waals surface area contributed by atoms with Gasteiger partial charge in [-0.3, -0.25) is 0 Å². The molecule has 0 spiro atoms. The molecule has 0 saturated carbocycles. The molecule has 1 unspecified atom stereocenters. The second-order valence-corrected chi connectivity index (χ2v) is 5.36. The molecule has 0 aliphatic heterocycles. The van der Waals surface area contributed by atoms with E-state index in [-0.39, 0.29) is 0 Å². The van der Waals surface area contributed by atoms with Crippen LogP contribution in [0.1, 0.15) is 30.4 Å². The predicted octanol–water partition coefficient (Wildman–Crippen LogP) is 3.91. The summed E-state index contributed by atoms with van der Waals surface area (Å²) in [5, 5.41) is 0. The number of para-hydroxylation sites is 2. The molecule has 3 heteroatoms. The van der Waals surface area contributed by atoms with E-state index in [9.17, 15) is 0 Å². The summed E-state index contributed by atoms with van der Waals surface area (Å²) in [6.07, 6.45) is 0.889. The number of nitrogens with two attached hydrogens (primary N) is 1. The van der Waals surface area contributed by atoms with Crippen molar-refractivity contribution in [3.05, 3.63) is 59.7 Å². The van der Waals surface area contributed by atoms with Crippen molar-refractivity contribution in [2.75, 3.05) is 19.8 Å². The van der Waals surface area contributed by atoms with E-state index in [2.05, 4.69) is 31.2 Å². The standard InChI is InChI=1S/C19H25NO2/c1-3-21-18-6-4-5-7-19(18)22-13-12-17(14-20)16-10-8-15(2)9-11-16/h4-11,17H,3,12-14,20H2,1-2H3. The lowest BCUT2D eigenvalue weighted by Crippen LogP contribution is -2.15. The molecule has 22 heavy (non-hydrogen) atoms. The van der Waals surface area contributed by atoms with E-state index in [0.717, 1.165) is 17.9 Å². The average molecular weight is 299 g/mol. The van der Waals surface area contributed by atoms with E-state index >= 15 is 0 Å². The first-order valence-corrected chi connectivity index (χ1v) is 7.85. The minimum absolute atomic E-state index is 0.319. The molecule has 0 fully saturated rings. The smallest absolute Gasteiger partial charge is 0.161 e. The molecule has 2 aromatic rings. The molecule has 0 radical (unpaired) electrons. The van der Waals surface area contributed by atoms with Crippen molar-refractivity contribution in [1.82, 2.24) is 0 Å². The lowest BCUT2D eigenvalue weighted by molar-refractivity contribution is 0.267. The lowest BCUT2D eigenvalue weighted by Gasteiger charge is -2.17. The molecule has 0 saturated heterocycles. The zero-order chi connectivity index (χ0) is 15.8. The van der Waals surface area contributed by atoms with Crippen LogP contribution >= 0.6 is 0 Å². The fourth-order valence-corrected chi connectivity index (χ4v) is 2.41. The maximum Gasteiger partial charge on any atom is 0.161 e. The highest BCUT2D eigenvalue weighted by molar-refractivity contribution is 5.39. The first kappa shape index (κ1) is 16.4. The van der Waals surface area contributed by atoms with Crippen LogP contribution < -0.4 is 15.2 Å². The Labute approximate surface area is 133 Å². The zero-order valence-corrected chi connectivity index (χ0v) is 13.4. The Morgan fingerprint density at radius 3 is 2.18 bits per heavy atom. The predicted molar refractivity (Wildman–Crippen MR) is 90.7 cm³/mol. The van der Waals surface area contributed by atoms with Crippen molar-refractivity contribution in [3.8, 4) is 11.5 Å². The third-order valence-corrected chi connectivity index (χ3v) is 3.71.